The van der Waals surface area contributed by atoms with Crippen molar-refractivity contribution in [1.29, 1.82) is 0 Å². The summed E-state index contributed by atoms with van der Waals surface area (Å²) in [4.78, 5) is 16.2. The van der Waals surface area contributed by atoms with E-state index in [4.69, 9.17) is 4.74 Å². The molecular weight excluding hydrogens is 254 g/mol. The SMILES string of the molecule is CCn1cncc1C(CC(C)C)NC(=O)OC(C)(C)C. The Morgan fingerprint density at radius 2 is 2.10 bits per heavy atom. The molecule has 0 aromatic carbocycles. The van der Waals surface area contributed by atoms with Gasteiger partial charge in [0.25, 0.3) is 0 Å². The highest BCUT2D eigenvalue weighted by molar-refractivity contribution is 5.68. The number of hydrogen-bond donors (Lipinski definition) is 1. The van der Waals surface area contributed by atoms with Gasteiger partial charge in [0.2, 0.25) is 0 Å². The molecule has 0 saturated heterocycles. The fourth-order valence-electron chi connectivity index (χ4n) is 2.06. The van der Waals surface area contributed by atoms with E-state index in [-0.39, 0.29) is 12.1 Å². The average Bonchev–Trinajstić information content (AvgIpc) is 2.72. The van der Waals surface area contributed by atoms with Gasteiger partial charge >= 0.3 is 6.09 Å². The number of alkyl carbamates (subject to hydrolysis) is 1. The van der Waals surface area contributed by atoms with Gasteiger partial charge in [0.1, 0.15) is 5.60 Å². The third-order valence-corrected chi connectivity index (χ3v) is 2.84. The second-order valence-corrected chi connectivity index (χ2v) is 6.43. The number of amides is 1. The molecule has 0 spiro atoms. The van der Waals surface area contributed by atoms with Crippen molar-refractivity contribution < 1.29 is 9.53 Å². The fraction of sp³-hybridized carbons (Fsp3) is 0.733. The number of hydrogen-bond acceptors (Lipinski definition) is 3. The molecule has 0 fully saturated rings. The third kappa shape index (κ3) is 5.23. The Labute approximate surface area is 121 Å². The third-order valence-electron chi connectivity index (χ3n) is 2.84. The molecule has 1 N–H and O–H groups in total. The molecule has 1 unspecified atom stereocenters. The van der Waals surface area contributed by atoms with Crippen LogP contribution in [0.1, 0.15) is 59.7 Å². The number of aryl methyl sites for hydroxylation is 1. The number of ether oxygens (including phenoxy) is 1. The Kier molecular flexibility index (Phi) is 5.60. The van der Waals surface area contributed by atoms with Crippen molar-refractivity contribution in [3.63, 3.8) is 0 Å². The summed E-state index contributed by atoms with van der Waals surface area (Å²) in [5.74, 6) is 0.468. The molecule has 0 aliphatic carbocycles. The predicted molar refractivity (Wildman–Crippen MR) is 79.5 cm³/mol. The molecule has 1 rings (SSSR count). The van der Waals surface area contributed by atoms with Gasteiger partial charge in [0.15, 0.2) is 0 Å². The maximum atomic E-state index is 12.0. The number of nitrogens with zero attached hydrogens (tertiary/aromatic N) is 2. The van der Waals surface area contributed by atoms with E-state index in [0.717, 1.165) is 18.7 Å². The molecule has 0 aliphatic rings. The smallest absolute Gasteiger partial charge is 0.408 e. The Morgan fingerprint density at radius 1 is 1.45 bits per heavy atom. The second kappa shape index (κ2) is 6.77. The first-order valence-corrected chi connectivity index (χ1v) is 7.22. The molecule has 1 amide bonds. The lowest BCUT2D eigenvalue weighted by atomic mass is 10.0. The van der Waals surface area contributed by atoms with Crippen LogP contribution >= 0.6 is 0 Å². The number of carbonyl (C=O) groups is 1. The molecule has 1 atom stereocenters. The van der Waals surface area contributed by atoms with Gasteiger partial charge in [0.05, 0.1) is 24.3 Å². The van der Waals surface area contributed by atoms with Crippen LogP contribution in [0.25, 0.3) is 0 Å². The zero-order valence-electron chi connectivity index (χ0n) is 13.4. The Morgan fingerprint density at radius 3 is 2.60 bits per heavy atom. The van der Waals surface area contributed by atoms with Crippen LogP contribution in [0.2, 0.25) is 0 Å². The molecule has 1 aromatic rings. The van der Waals surface area contributed by atoms with E-state index in [9.17, 15) is 4.79 Å². The van der Waals surface area contributed by atoms with E-state index in [2.05, 4.69) is 31.1 Å². The van der Waals surface area contributed by atoms with Crippen molar-refractivity contribution in [3.8, 4) is 0 Å². The van der Waals surface area contributed by atoms with Gasteiger partial charge in [-0.05, 0) is 40.0 Å². The van der Waals surface area contributed by atoms with Crippen LogP contribution in [0.3, 0.4) is 0 Å². The lowest BCUT2D eigenvalue weighted by Gasteiger charge is -2.25. The molecule has 1 aromatic heterocycles. The summed E-state index contributed by atoms with van der Waals surface area (Å²) >= 11 is 0. The highest BCUT2D eigenvalue weighted by atomic mass is 16.6. The molecule has 0 saturated carbocycles. The van der Waals surface area contributed by atoms with Crippen LogP contribution in [0, 0.1) is 5.92 Å². The minimum atomic E-state index is -0.489. The van der Waals surface area contributed by atoms with Gasteiger partial charge in [-0.2, -0.15) is 0 Å². The van der Waals surface area contributed by atoms with Crippen LogP contribution < -0.4 is 5.32 Å². The van der Waals surface area contributed by atoms with Gasteiger partial charge in [-0.15, -0.1) is 0 Å². The van der Waals surface area contributed by atoms with Gasteiger partial charge < -0.3 is 14.6 Å². The molecule has 0 radical (unpaired) electrons. The summed E-state index contributed by atoms with van der Waals surface area (Å²) in [5.41, 5.74) is 0.532. The van der Waals surface area contributed by atoms with E-state index >= 15 is 0 Å². The lowest BCUT2D eigenvalue weighted by molar-refractivity contribution is 0.0495. The average molecular weight is 281 g/mol. The molecule has 5 nitrogen and oxygen atoms in total. The van der Waals surface area contributed by atoms with Crippen LogP contribution in [-0.2, 0) is 11.3 Å². The predicted octanol–water partition coefficient (Wildman–Crippen LogP) is 3.51. The topological polar surface area (TPSA) is 56.2 Å². The summed E-state index contributed by atoms with van der Waals surface area (Å²) in [5, 5.41) is 2.96. The minimum Gasteiger partial charge on any atom is -0.444 e. The molecule has 20 heavy (non-hydrogen) atoms. The summed E-state index contributed by atoms with van der Waals surface area (Å²) in [6.45, 7) is 12.7. The van der Waals surface area contributed by atoms with E-state index in [1.54, 1.807) is 6.33 Å². The molecule has 114 valence electrons. The number of carbonyl (C=O) groups excluding carboxylic acids is 1. The fourth-order valence-corrected chi connectivity index (χ4v) is 2.06. The van der Waals surface area contributed by atoms with Crippen molar-refractivity contribution in [3.05, 3.63) is 18.2 Å². The van der Waals surface area contributed by atoms with Crippen LogP contribution in [0.5, 0.6) is 0 Å². The van der Waals surface area contributed by atoms with E-state index in [1.165, 1.54) is 0 Å². The lowest BCUT2D eigenvalue weighted by Crippen LogP contribution is -2.36. The first-order valence-electron chi connectivity index (χ1n) is 7.22. The highest BCUT2D eigenvalue weighted by Gasteiger charge is 2.23. The Balaban J connectivity index is 2.83. The molecular formula is C15H27N3O2. The van der Waals surface area contributed by atoms with Gasteiger partial charge in [-0.25, -0.2) is 9.78 Å². The summed E-state index contributed by atoms with van der Waals surface area (Å²) < 4.78 is 7.39. The molecule has 1 heterocycles. The van der Waals surface area contributed by atoms with E-state index in [1.807, 2.05) is 31.5 Å². The number of imidazole rings is 1. The normalized spacial score (nSPS) is 13.3. The van der Waals surface area contributed by atoms with Gasteiger partial charge in [0, 0.05) is 6.54 Å². The summed E-state index contributed by atoms with van der Waals surface area (Å²) in [6.07, 6.45) is 4.07. The molecule has 5 heteroatoms. The highest BCUT2D eigenvalue weighted by Crippen LogP contribution is 2.22. The zero-order valence-corrected chi connectivity index (χ0v) is 13.4. The van der Waals surface area contributed by atoms with Crippen LogP contribution in [-0.4, -0.2) is 21.2 Å². The van der Waals surface area contributed by atoms with Gasteiger partial charge in [-0.1, -0.05) is 13.8 Å². The van der Waals surface area contributed by atoms with Crippen LogP contribution in [0.15, 0.2) is 12.5 Å². The molecule has 0 bridgehead atoms. The Hall–Kier alpha value is -1.52. The van der Waals surface area contributed by atoms with E-state index < -0.39 is 5.60 Å². The summed E-state index contributed by atoms with van der Waals surface area (Å²) in [7, 11) is 0. The van der Waals surface area contributed by atoms with Crippen molar-refractivity contribution in [2.45, 2.75) is 66.2 Å². The maximum Gasteiger partial charge on any atom is 0.408 e. The second-order valence-electron chi connectivity index (χ2n) is 6.43. The number of nitrogens with one attached hydrogen (secondary N) is 1. The van der Waals surface area contributed by atoms with Crippen molar-refractivity contribution in [1.82, 2.24) is 14.9 Å². The van der Waals surface area contributed by atoms with Gasteiger partial charge in [-0.3, -0.25) is 0 Å². The van der Waals surface area contributed by atoms with Crippen molar-refractivity contribution in [2.75, 3.05) is 0 Å². The summed E-state index contributed by atoms with van der Waals surface area (Å²) in [6, 6.07) is -0.0766. The first kappa shape index (κ1) is 16.5. The van der Waals surface area contributed by atoms with E-state index in [0.29, 0.717) is 5.92 Å². The molecule has 0 aliphatic heterocycles. The number of aromatic nitrogens is 2. The monoisotopic (exact) mass is 281 g/mol. The first-order chi connectivity index (χ1) is 9.23. The quantitative estimate of drug-likeness (QED) is 0.898. The van der Waals surface area contributed by atoms with Crippen LogP contribution in [0.4, 0.5) is 4.79 Å². The Bertz CT molecular complexity index is 433. The standard InChI is InChI=1S/C15H27N3O2/c1-7-18-10-16-9-13(18)12(8-11(2)3)17-14(19)20-15(4,5)6/h9-12H,7-8H2,1-6H3,(H,17,19). The minimum absolute atomic E-state index is 0.0766. The van der Waals surface area contributed by atoms with Crippen molar-refractivity contribution in [2.24, 2.45) is 5.92 Å². The number of rotatable bonds is 5. The maximum absolute atomic E-state index is 12.0. The van der Waals surface area contributed by atoms with Crippen molar-refractivity contribution >= 4 is 6.09 Å². The largest absolute Gasteiger partial charge is 0.444 e. The zero-order chi connectivity index (χ0) is 15.3.